The molecule has 0 fully saturated rings. The highest BCUT2D eigenvalue weighted by atomic mass is 16.5. The van der Waals surface area contributed by atoms with E-state index in [0.29, 0.717) is 35.0 Å². The minimum absolute atomic E-state index is 0.115. The number of ether oxygens (including phenoxy) is 3. The molecule has 138 valence electrons. The molecule has 1 aromatic carbocycles. The van der Waals surface area contributed by atoms with E-state index in [-0.39, 0.29) is 12.2 Å². The van der Waals surface area contributed by atoms with Gasteiger partial charge in [0.05, 0.1) is 18.4 Å². The predicted molar refractivity (Wildman–Crippen MR) is 99.3 cm³/mol. The zero-order chi connectivity index (χ0) is 19.2. The molecule has 0 spiro atoms. The molecule has 0 N–H and O–H groups in total. The van der Waals surface area contributed by atoms with Crippen LogP contribution in [0.15, 0.2) is 66.1 Å². The summed E-state index contributed by atoms with van der Waals surface area (Å²) in [5.74, 6) is 0.352. The van der Waals surface area contributed by atoms with Crippen LogP contribution in [0.1, 0.15) is 16.1 Å². The lowest BCUT2D eigenvalue weighted by Crippen LogP contribution is -2.16. The minimum Gasteiger partial charge on any atom is -0.493 e. The number of pyridine rings is 1. The third-order valence-corrected chi connectivity index (χ3v) is 3.73. The molecule has 0 bridgehead atoms. The summed E-state index contributed by atoms with van der Waals surface area (Å²) < 4.78 is 17.4. The number of nitrogens with zero attached hydrogens (tertiary/aromatic N) is 2. The lowest BCUT2D eigenvalue weighted by Gasteiger charge is -2.11. The largest absolute Gasteiger partial charge is 0.493 e. The summed E-state index contributed by atoms with van der Waals surface area (Å²) in [6.45, 7) is 3.79. The van der Waals surface area contributed by atoms with E-state index < -0.39 is 5.97 Å². The van der Waals surface area contributed by atoms with Crippen molar-refractivity contribution in [3.63, 3.8) is 0 Å². The van der Waals surface area contributed by atoms with Crippen LogP contribution in [0.5, 0.6) is 11.5 Å². The first-order chi connectivity index (χ1) is 13.1. The van der Waals surface area contributed by atoms with Gasteiger partial charge in [-0.3, -0.25) is 9.20 Å². The second kappa shape index (κ2) is 8.18. The van der Waals surface area contributed by atoms with E-state index in [1.807, 2.05) is 0 Å². The van der Waals surface area contributed by atoms with Crippen LogP contribution in [0, 0.1) is 0 Å². The number of hydrogen-bond acceptors (Lipinski definition) is 6. The first-order valence-corrected chi connectivity index (χ1v) is 8.18. The van der Waals surface area contributed by atoms with E-state index >= 15 is 0 Å². The zero-order valence-corrected chi connectivity index (χ0v) is 14.8. The highest BCUT2D eigenvalue weighted by Crippen LogP contribution is 2.28. The maximum absolute atomic E-state index is 12.3. The quantitative estimate of drug-likeness (QED) is 0.472. The van der Waals surface area contributed by atoms with Crippen LogP contribution in [-0.2, 0) is 11.3 Å². The first-order valence-electron chi connectivity index (χ1n) is 8.18. The smallest absolute Gasteiger partial charge is 0.338 e. The molecule has 7 nitrogen and oxygen atoms in total. The van der Waals surface area contributed by atoms with Crippen LogP contribution in [0.25, 0.3) is 5.65 Å². The molecule has 0 saturated carbocycles. The molecule has 0 radical (unpaired) electrons. The Morgan fingerprint density at radius 1 is 1.22 bits per heavy atom. The Hall–Kier alpha value is -3.61. The van der Waals surface area contributed by atoms with E-state index in [2.05, 4.69) is 11.6 Å². The Kier molecular flexibility index (Phi) is 5.51. The third-order valence-electron chi connectivity index (χ3n) is 3.73. The summed E-state index contributed by atoms with van der Waals surface area (Å²) >= 11 is 0. The van der Waals surface area contributed by atoms with Gasteiger partial charge in [-0.1, -0.05) is 18.7 Å². The molecule has 0 aliphatic heterocycles. The first kappa shape index (κ1) is 18.2. The minimum atomic E-state index is -0.557. The molecular weight excluding hydrogens is 348 g/mol. The average Bonchev–Trinajstić information content (AvgIpc) is 2.70. The molecule has 0 aliphatic rings. The normalized spacial score (nSPS) is 10.4. The van der Waals surface area contributed by atoms with Crippen LogP contribution in [0.2, 0.25) is 0 Å². The molecule has 3 aromatic rings. The summed E-state index contributed by atoms with van der Waals surface area (Å²) in [5, 5.41) is 0. The Bertz CT molecular complexity index is 1040. The van der Waals surface area contributed by atoms with Crippen molar-refractivity contribution in [3.05, 3.63) is 82.9 Å². The van der Waals surface area contributed by atoms with E-state index in [4.69, 9.17) is 14.2 Å². The van der Waals surface area contributed by atoms with Gasteiger partial charge in [0.2, 0.25) is 0 Å². The van der Waals surface area contributed by atoms with Crippen molar-refractivity contribution >= 4 is 11.6 Å². The van der Waals surface area contributed by atoms with Crippen LogP contribution in [-0.4, -0.2) is 29.1 Å². The van der Waals surface area contributed by atoms with Gasteiger partial charge < -0.3 is 14.2 Å². The topological polar surface area (TPSA) is 79.1 Å². The summed E-state index contributed by atoms with van der Waals surface area (Å²) in [6, 6.07) is 11.3. The summed E-state index contributed by atoms with van der Waals surface area (Å²) in [5.41, 5.74) is 0.922. The number of hydrogen-bond donors (Lipinski definition) is 0. The molecule has 27 heavy (non-hydrogen) atoms. The van der Waals surface area contributed by atoms with E-state index in [1.165, 1.54) is 23.6 Å². The second-order valence-electron chi connectivity index (χ2n) is 5.56. The van der Waals surface area contributed by atoms with Crippen molar-refractivity contribution in [1.29, 1.82) is 0 Å². The van der Waals surface area contributed by atoms with Gasteiger partial charge in [0.15, 0.2) is 11.5 Å². The predicted octanol–water partition coefficient (Wildman–Crippen LogP) is 2.62. The van der Waals surface area contributed by atoms with Crippen molar-refractivity contribution < 1.29 is 19.0 Å². The molecule has 0 aliphatic carbocycles. The molecular formula is C20H18N2O5. The standard InChI is InChI=1S/C20H18N2O5/c1-3-10-26-16-8-7-14(11-17(16)25-2)20(24)27-13-15-12-19(23)22-9-5-4-6-18(22)21-15/h3-9,11-12H,1,10,13H2,2H3. The fourth-order valence-electron chi connectivity index (χ4n) is 2.46. The number of methoxy groups -OCH3 is 1. The monoisotopic (exact) mass is 366 g/mol. The molecule has 2 heterocycles. The molecule has 7 heteroatoms. The van der Waals surface area contributed by atoms with Gasteiger partial charge in [-0.15, -0.1) is 0 Å². The molecule has 2 aromatic heterocycles. The fraction of sp³-hybridized carbons (Fsp3) is 0.150. The Labute approximate surface area is 155 Å². The Balaban J connectivity index is 1.74. The van der Waals surface area contributed by atoms with Gasteiger partial charge in [0.25, 0.3) is 5.56 Å². The fourth-order valence-corrected chi connectivity index (χ4v) is 2.46. The number of esters is 1. The van der Waals surface area contributed by atoms with Crippen molar-refractivity contribution in [2.45, 2.75) is 6.61 Å². The van der Waals surface area contributed by atoms with Crippen molar-refractivity contribution in [1.82, 2.24) is 9.38 Å². The maximum Gasteiger partial charge on any atom is 0.338 e. The van der Waals surface area contributed by atoms with Gasteiger partial charge in [-0.25, -0.2) is 9.78 Å². The van der Waals surface area contributed by atoms with Gasteiger partial charge in [-0.2, -0.15) is 0 Å². The number of rotatable bonds is 7. The molecule has 3 rings (SSSR count). The number of fused-ring (bicyclic) bond motifs is 1. The van der Waals surface area contributed by atoms with Crippen LogP contribution < -0.4 is 15.0 Å². The second-order valence-corrected chi connectivity index (χ2v) is 5.56. The number of benzene rings is 1. The lowest BCUT2D eigenvalue weighted by molar-refractivity contribution is 0.0467. The highest BCUT2D eigenvalue weighted by molar-refractivity contribution is 5.90. The summed E-state index contributed by atoms with van der Waals surface area (Å²) in [6.07, 6.45) is 3.24. The summed E-state index contributed by atoms with van der Waals surface area (Å²) in [7, 11) is 1.48. The number of carbonyl (C=O) groups is 1. The van der Waals surface area contributed by atoms with E-state index in [1.54, 1.807) is 42.6 Å². The maximum atomic E-state index is 12.3. The van der Waals surface area contributed by atoms with Gasteiger partial charge in [-0.05, 0) is 30.3 Å². The van der Waals surface area contributed by atoms with Gasteiger partial charge >= 0.3 is 5.97 Å². The molecule has 0 atom stereocenters. The average molecular weight is 366 g/mol. The van der Waals surface area contributed by atoms with Crippen molar-refractivity contribution in [2.75, 3.05) is 13.7 Å². The van der Waals surface area contributed by atoms with Crippen LogP contribution >= 0.6 is 0 Å². The molecule has 0 amide bonds. The zero-order valence-electron chi connectivity index (χ0n) is 14.8. The van der Waals surface area contributed by atoms with Crippen molar-refractivity contribution in [3.8, 4) is 11.5 Å². The Morgan fingerprint density at radius 2 is 2.07 bits per heavy atom. The van der Waals surface area contributed by atoms with Gasteiger partial charge in [0, 0.05) is 12.3 Å². The number of carbonyl (C=O) groups excluding carboxylic acids is 1. The van der Waals surface area contributed by atoms with Gasteiger partial charge in [0.1, 0.15) is 18.9 Å². The van der Waals surface area contributed by atoms with Crippen LogP contribution in [0.3, 0.4) is 0 Å². The van der Waals surface area contributed by atoms with Crippen molar-refractivity contribution in [2.24, 2.45) is 0 Å². The van der Waals surface area contributed by atoms with E-state index in [9.17, 15) is 9.59 Å². The molecule has 0 unspecified atom stereocenters. The van der Waals surface area contributed by atoms with Crippen LogP contribution in [0.4, 0.5) is 0 Å². The SMILES string of the molecule is C=CCOc1ccc(C(=O)OCc2cc(=O)n3ccccc3n2)cc1OC. The third kappa shape index (κ3) is 4.14. The molecule has 0 saturated heterocycles. The lowest BCUT2D eigenvalue weighted by atomic mass is 10.2. The van der Waals surface area contributed by atoms with E-state index in [0.717, 1.165) is 0 Å². The number of aromatic nitrogens is 2. The summed E-state index contributed by atoms with van der Waals surface area (Å²) in [4.78, 5) is 28.7. The highest BCUT2D eigenvalue weighted by Gasteiger charge is 2.13. The Morgan fingerprint density at radius 3 is 2.85 bits per heavy atom.